The zero-order valence-corrected chi connectivity index (χ0v) is 12.3. The lowest BCUT2D eigenvalue weighted by molar-refractivity contribution is -0.0566. The molecule has 0 amide bonds. The Kier molecular flexibility index (Phi) is 4.95. The molecule has 0 saturated carbocycles. The minimum absolute atomic E-state index is 0.0499. The van der Waals surface area contributed by atoms with Gasteiger partial charge in [0.25, 0.3) is 0 Å². The van der Waals surface area contributed by atoms with Gasteiger partial charge in [0, 0.05) is 13.3 Å². The van der Waals surface area contributed by atoms with E-state index < -0.39 is 38.1 Å². The highest BCUT2D eigenvalue weighted by Crippen LogP contribution is 2.44. The quantitative estimate of drug-likeness (QED) is 0.586. The number of halogens is 1. The number of alkyl halides is 1. The van der Waals surface area contributed by atoms with Crippen LogP contribution in [0.4, 0.5) is 10.2 Å². The number of phosphoric acid groups is 1. The van der Waals surface area contributed by atoms with Gasteiger partial charge >= 0.3 is 13.5 Å². The van der Waals surface area contributed by atoms with E-state index >= 15 is 0 Å². The first-order valence-corrected chi connectivity index (χ1v) is 7.63. The Morgan fingerprint density at radius 2 is 2.27 bits per heavy atom. The molecule has 1 aliphatic rings. The fourth-order valence-corrected chi connectivity index (χ4v) is 2.69. The number of rotatable bonds is 5. The van der Waals surface area contributed by atoms with Crippen molar-refractivity contribution in [2.24, 2.45) is 0 Å². The maximum atomic E-state index is 14.5. The summed E-state index contributed by atoms with van der Waals surface area (Å²) in [6, 6.07) is 1.26. The minimum atomic E-state index is -4.95. The van der Waals surface area contributed by atoms with Crippen molar-refractivity contribution in [1.29, 1.82) is 0 Å². The average molecular weight is 339 g/mol. The number of phosphoric ester groups is 1. The van der Waals surface area contributed by atoms with Crippen molar-refractivity contribution in [2.45, 2.75) is 24.6 Å². The lowest BCUT2D eigenvalue weighted by atomic mass is 10.1. The largest absolute Gasteiger partial charge is 0.470 e. The third-order valence-corrected chi connectivity index (χ3v) is 3.50. The van der Waals surface area contributed by atoms with Crippen LogP contribution in [0.2, 0.25) is 0 Å². The molecule has 1 fully saturated rings. The standard InChI is InChI=1S/C10H15FN3O7P/c1-19-4-5-8(21-22(16,17)18)7(11)9(20-5)14-3-2-6(12)13-10(14)15/h2-3,5,7-9H,4H2,1H3,(H2,12,13,15)(H2,16,17,18)/t5-,7-,8-,9-/m1/s1. The second kappa shape index (κ2) is 6.41. The smallest absolute Gasteiger partial charge is 0.383 e. The predicted molar refractivity (Wildman–Crippen MR) is 70.5 cm³/mol. The van der Waals surface area contributed by atoms with Gasteiger partial charge in [-0.2, -0.15) is 4.98 Å². The van der Waals surface area contributed by atoms with Crippen LogP contribution >= 0.6 is 7.82 Å². The van der Waals surface area contributed by atoms with Crippen LogP contribution in [0.1, 0.15) is 6.23 Å². The van der Waals surface area contributed by atoms with E-state index in [1.807, 2.05) is 0 Å². The van der Waals surface area contributed by atoms with E-state index in [2.05, 4.69) is 9.51 Å². The molecule has 0 aliphatic carbocycles. The number of hydrogen-bond acceptors (Lipinski definition) is 7. The summed E-state index contributed by atoms with van der Waals surface area (Å²) in [6.45, 7) is -0.182. The predicted octanol–water partition coefficient (Wildman–Crippen LogP) is -0.815. The summed E-state index contributed by atoms with van der Waals surface area (Å²) in [6.07, 6.45) is -5.02. The summed E-state index contributed by atoms with van der Waals surface area (Å²) in [4.78, 5) is 32.9. The van der Waals surface area contributed by atoms with E-state index in [1.54, 1.807) is 0 Å². The van der Waals surface area contributed by atoms with Gasteiger partial charge in [0.1, 0.15) is 18.0 Å². The molecule has 0 spiro atoms. The highest BCUT2D eigenvalue weighted by atomic mass is 31.2. The highest BCUT2D eigenvalue weighted by Gasteiger charge is 2.49. The molecular weight excluding hydrogens is 324 g/mol. The molecule has 0 unspecified atom stereocenters. The summed E-state index contributed by atoms with van der Waals surface area (Å²) < 4.78 is 40.7. The van der Waals surface area contributed by atoms with Crippen molar-refractivity contribution in [3.05, 3.63) is 22.7 Å². The van der Waals surface area contributed by atoms with Crippen molar-refractivity contribution in [1.82, 2.24) is 9.55 Å². The van der Waals surface area contributed by atoms with E-state index in [-0.39, 0.29) is 12.4 Å². The van der Waals surface area contributed by atoms with Crippen molar-refractivity contribution in [3.8, 4) is 0 Å². The Balaban J connectivity index is 2.30. The van der Waals surface area contributed by atoms with Crippen molar-refractivity contribution < 1.29 is 32.7 Å². The van der Waals surface area contributed by atoms with Gasteiger partial charge in [0.05, 0.1) is 6.61 Å². The van der Waals surface area contributed by atoms with E-state index in [1.165, 1.54) is 19.4 Å². The van der Waals surface area contributed by atoms with Gasteiger partial charge in [-0.3, -0.25) is 9.09 Å². The average Bonchev–Trinajstić information content (AvgIpc) is 2.67. The summed E-state index contributed by atoms with van der Waals surface area (Å²) in [5.41, 5.74) is 4.48. The van der Waals surface area contributed by atoms with Gasteiger partial charge in [0.2, 0.25) is 0 Å². The van der Waals surface area contributed by atoms with Crippen molar-refractivity contribution in [3.63, 3.8) is 0 Å². The Morgan fingerprint density at radius 1 is 1.59 bits per heavy atom. The van der Waals surface area contributed by atoms with Gasteiger partial charge in [-0.25, -0.2) is 13.8 Å². The second-order valence-electron chi connectivity index (χ2n) is 4.57. The molecule has 2 rings (SSSR count). The number of anilines is 1. The summed E-state index contributed by atoms with van der Waals surface area (Å²) in [7, 11) is -3.65. The van der Waals surface area contributed by atoms with E-state index in [0.717, 1.165) is 4.57 Å². The third-order valence-electron chi connectivity index (χ3n) is 2.98. The molecule has 4 atom stereocenters. The first-order valence-electron chi connectivity index (χ1n) is 6.10. The lowest BCUT2D eigenvalue weighted by Gasteiger charge is -2.19. The number of nitrogen functional groups attached to an aromatic ring is 1. The Morgan fingerprint density at radius 3 is 2.82 bits per heavy atom. The molecule has 1 saturated heterocycles. The summed E-state index contributed by atoms with van der Waals surface area (Å²) >= 11 is 0. The molecule has 2 heterocycles. The zero-order valence-electron chi connectivity index (χ0n) is 11.4. The normalized spacial score (nSPS) is 28.9. The van der Waals surface area contributed by atoms with Crippen LogP contribution in [0.5, 0.6) is 0 Å². The molecule has 0 aromatic carbocycles. The topological polar surface area (TPSA) is 146 Å². The molecule has 1 aliphatic heterocycles. The van der Waals surface area contributed by atoms with Gasteiger partial charge in [-0.05, 0) is 6.07 Å². The van der Waals surface area contributed by atoms with E-state index in [9.17, 15) is 13.8 Å². The van der Waals surface area contributed by atoms with Gasteiger partial charge < -0.3 is 25.0 Å². The van der Waals surface area contributed by atoms with E-state index in [4.69, 9.17) is 25.0 Å². The lowest BCUT2D eigenvalue weighted by Crippen LogP contribution is -2.35. The second-order valence-corrected chi connectivity index (χ2v) is 5.76. The molecule has 1 aromatic rings. The van der Waals surface area contributed by atoms with Crippen molar-refractivity contribution in [2.75, 3.05) is 19.5 Å². The minimum Gasteiger partial charge on any atom is -0.383 e. The van der Waals surface area contributed by atoms with Crippen LogP contribution < -0.4 is 11.4 Å². The molecular formula is C10H15FN3O7P. The van der Waals surface area contributed by atoms with Gasteiger partial charge in [-0.1, -0.05) is 0 Å². The monoisotopic (exact) mass is 339 g/mol. The Bertz CT molecular complexity index is 635. The summed E-state index contributed by atoms with van der Waals surface area (Å²) in [5.74, 6) is -0.0499. The number of hydrogen-bond donors (Lipinski definition) is 3. The first-order chi connectivity index (χ1) is 10.2. The van der Waals surface area contributed by atoms with Crippen LogP contribution in [0.3, 0.4) is 0 Å². The van der Waals surface area contributed by atoms with Gasteiger partial charge in [0.15, 0.2) is 12.4 Å². The number of nitrogens with zero attached hydrogens (tertiary/aromatic N) is 2. The Labute approximate surface area is 123 Å². The molecule has 22 heavy (non-hydrogen) atoms. The number of aromatic nitrogens is 2. The molecule has 12 heteroatoms. The maximum absolute atomic E-state index is 14.5. The van der Waals surface area contributed by atoms with Crippen LogP contribution in [-0.4, -0.2) is 51.4 Å². The summed E-state index contributed by atoms with van der Waals surface area (Å²) in [5, 5.41) is 0. The number of ether oxygens (including phenoxy) is 2. The maximum Gasteiger partial charge on any atom is 0.470 e. The fourth-order valence-electron chi connectivity index (χ4n) is 2.12. The van der Waals surface area contributed by atoms with Crippen LogP contribution in [0, 0.1) is 0 Å². The zero-order chi connectivity index (χ0) is 16.5. The van der Waals surface area contributed by atoms with Crippen LogP contribution in [0.15, 0.2) is 17.1 Å². The fraction of sp³-hybridized carbons (Fsp3) is 0.600. The third kappa shape index (κ3) is 3.69. The molecule has 4 N–H and O–H groups in total. The van der Waals surface area contributed by atoms with Crippen LogP contribution in [-0.2, 0) is 18.6 Å². The Hall–Kier alpha value is -1.36. The number of methoxy groups -OCH3 is 1. The first kappa shape index (κ1) is 17.0. The highest BCUT2D eigenvalue weighted by molar-refractivity contribution is 7.46. The molecule has 0 radical (unpaired) electrons. The molecule has 1 aromatic heterocycles. The molecule has 124 valence electrons. The number of nitrogens with two attached hydrogens (primary N) is 1. The van der Waals surface area contributed by atoms with E-state index in [0.29, 0.717) is 0 Å². The SMILES string of the molecule is COC[C@H]1O[C@@H](n2ccc(N)nc2=O)[C@H](F)[C@@H]1OP(=O)(O)O. The van der Waals surface area contributed by atoms with Gasteiger partial charge in [-0.15, -0.1) is 0 Å². The molecule has 10 nitrogen and oxygen atoms in total. The van der Waals surface area contributed by atoms with Crippen molar-refractivity contribution >= 4 is 13.6 Å². The molecule has 0 bridgehead atoms. The van der Waals surface area contributed by atoms with Crippen LogP contribution in [0.25, 0.3) is 0 Å².